The average Bonchev–Trinajstić information content (AvgIpc) is 2.42. The Bertz CT molecular complexity index is 235. The van der Waals surface area contributed by atoms with Crippen LogP contribution in [0.2, 0.25) is 0 Å². The predicted molar refractivity (Wildman–Crippen MR) is 82.6 cm³/mol. The molecule has 1 rings (SSSR count). The van der Waals surface area contributed by atoms with Crippen LogP contribution in [0.1, 0.15) is 53.9 Å². The summed E-state index contributed by atoms with van der Waals surface area (Å²) in [4.78, 5) is 2.65. The predicted octanol–water partition coefficient (Wildman–Crippen LogP) is 2.90. The lowest BCUT2D eigenvalue weighted by Crippen LogP contribution is -2.54. The first-order valence-corrected chi connectivity index (χ1v) is 8.21. The van der Waals surface area contributed by atoms with E-state index in [4.69, 9.17) is 4.74 Å². The van der Waals surface area contributed by atoms with Crippen LogP contribution in [0.15, 0.2) is 0 Å². The second-order valence-electron chi connectivity index (χ2n) is 6.11. The molecular weight excluding hydrogens is 236 g/mol. The van der Waals surface area contributed by atoms with Gasteiger partial charge in [0.15, 0.2) is 0 Å². The summed E-state index contributed by atoms with van der Waals surface area (Å²) in [6.07, 6.45) is 4.03. The van der Waals surface area contributed by atoms with Gasteiger partial charge < -0.3 is 10.1 Å². The van der Waals surface area contributed by atoms with Crippen molar-refractivity contribution in [2.45, 2.75) is 72.1 Å². The minimum Gasteiger partial charge on any atom is -0.376 e. The van der Waals surface area contributed by atoms with E-state index in [0.29, 0.717) is 18.2 Å². The van der Waals surface area contributed by atoms with Gasteiger partial charge >= 0.3 is 0 Å². The number of nitrogens with zero attached hydrogens (tertiary/aromatic N) is 1. The fourth-order valence-corrected chi connectivity index (χ4v) is 2.83. The van der Waals surface area contributed by atoms with Crippen LogP contribution in [-0.2, 0) is 4.74 Å². The molecular formula is C16H34N2O. The highest BCUT2D eigenvalue weighted by Gasteiger charge is 2.28. The number of ether oxygens (including phenoxy) is 1. The monoisotopic (exact) mass is 270 g/mol. The molecule has 4 atom stereocenters. The van der Waals surface area contributed by atoms with Crippen molar-refractivity contribution in [3.05, 3.63) is 0 Å². The average molecular weight is 270 g/mol. The van der Waals surface area contributed by atoms with E-state index in [1.165, 1.54) is 25.8 Å². The Morgan fingerprint density at radius 3 is 2.63 bits per heavy atom. The second kappa shape index (κ2) is 8.93. The van der Waals surface area contributed by atoms with E-state index in [0.717, 1.165) is 25.6 Å². The van der Waals surface area contributed by atoms with Crippen molar-refractivity contribution in [1.82, 2.24) is 10.2 Å². The molecule has 0 spiro atoms. The van der Waals surface area contributed by atoms with Gasteiger partial charge in [0.2, 0.25) is 0 Å². The van der Waals surface area contributed by atoms with Gasteiger partial charge in [0.1, 0.15) is 0 Å². The summed E-state index contributed by atoms with van der Waals surface area (Å²) in [7, 11) is 0. The molecule has 4 unspecified atom stereocenters. The van der Waals surface area contributed by atoms with Gasteiger partial charge in [-0.05, 0) is 32.2 Å². The molecule has 0 saturated carbocycles. The van der Waals surface area contributed by atoms with Crippen LogP contribution in [0.4, 0.5) is 0 Å². The zero-order valence-corrected chi connectivity index (χ0v) is 13.6. The Morgan fingerprint density at radius 2 is 2.05 bits per heavy atom. The van der Waals surface area contributed by atoms with E-state index >= 15 is 0 Å². The number of nitrogens with one attached hydrogen (secondary N) is 1. The third-order valence-electron chi connectivity index (χ3n) is 4.47. The molecule has 0 radical (unpaired) electrons. The van der Waals surface area contributed by atoms with E-state index in [9.17, 15) is 0 Å². The standard InChI is InChI=1S/C16H34N2O/c1-6-9-17-16(13(4)7-2)11-18-10-14(5)19-12-15(18)8-3/h13-17H,6-12H2,1-5H3. The first-order valence-electron chi connectivity index (χ1n) is 8.21. The Hall–Kier alpha value is -0.120. The second-order valence-corrected chi connectivity index (χ2v) is 6.11. The molecule has 19 heavy (non-hydrogen) atoms. The molecule has 0 aromatic rings. The quantitative estimate of drug-likeness (QED) is 0.734. The summed E-state index contributed by atoms with van der Waals surface area (Å²) >= 11 is 0. The molecule has 114 valence electrons. The molecule has 0 aromatic heterocycles. The zero-order chi connectivity index (χ0) is 14.3. The minimum absolute atomic E-state index is 0.381. The molecule has 1 saturated heterocycles. The van der Waals surface area contributed by atoms with Gasteiger partial charge in [0.05, 0.1) is 12.7 Å². The Morgan fingerprint density at radius 1 is 1.32 bits per heavy atom. The van der Waals surface area contributed by atoms with Crippen molar-refractivity contribution in [3.8, 4) is 0 Å². The molecule has 1 fully saturated rings. The lowest BCUT2D eigenvalue weighted by atomic mass is 9.97. The molecule has 3 nitrogen and oxygen atoms in total. The van der Waals surface area contributed by atoms with Crippen LogP contribution in [0.25, 0.3) is 0 Å². The lowest BCUT2D eigenvalue weighted by Gasteiger charge is -2.41. The molecule has 0 aromatic carbocycles. The normalized spacial score (nSPS) is 28.3. The van der Waals surface area contributed by atoms with Gasteiger partial charge in [0.25, 0.3) is 0 Å². The van der Waals surface area contributed by atoms with Crippen LogP contribution >= 0.6 is 0 Å². The first kappa shape index (κ1) is 16.9. The summed E-state index contributed by atoms with van der Waals surface area (Å²) in [6, 6.07) is 1.22. The van der Waals surface area contributed by atoms with Crippen molar-refractivity contribution in [2.75, 3.05) is 26.2 Å². The molecule has 1 N–H and O–H groups in total. The SMILES string of the molecule is CCCNC(CN1CC(C)OCC1CC)C(C)CC. The molecule has 0 amide bonds. The van der Waals surface area contributed by atoms with Gasteiger partial charge in [-0.3, -0.25) is 4.90 Å². The third kappa shape index (κ3) is 5.41. The summed E-state index contributed by atoms with van der Waals surface area (Å²) in [5.41, 5.74) is 0. The maximum absolute atomic E-state index is 5.80. The summed E-state index contributed by atoms with van der Waals surface area (Å²) in [5, 5.41) is 3.74. The molecule has 1 aliphatic heterocycles. The van der Waals surface area contributed by atoms with E-state index in [-0.39, 0.29) is 0 Å². The maximum Gasteiger partial charge on any atom is 0.0674 e. The molecule has 0 bridgehead atoms. The van der Waals surface area contributed by atoms with Gasteiger partial charge in [-0.1, -0.05) is 34.1 Å². The van der Waals surface area contributed by atoms with E-state index in [1.54, 1.807) is 0 Å². The van der Waals surface area contributed by atoms with Gasteiger partial charge in [-0.25, -0.2) is 0 Å². The minimum atomic E-state index is 0.381. The third-order valence-corrected chi connectivity index (χ3v) is 4.47. The van der Waals surface area contributed by atoms with Crippen LogP contribution in [-0.4, -0.2) is 49.3 Å². The fraction of sp³-hybridized carbons (Fsp3) is 1.00. The topological polar surface area (TPSA) is 24.5 Å². The van der Waals surface area contributed by atoms with Crippen molar-refractivity contribution in [3.63, 3.8) is 0 Å². The number of morpholine rings is 1. The van der Waals surface area contributed by atoms with Crippen molar-refractivity contribution in [1.29, 1.82) is 0 Å². The summed E-state index contributed by atoms with van der Waals surface area (Å²) in [6.45, 7) is 15.7. The summed E-state index contributed by atoms with van der Waals surface area (Å²) < 4.78 is 5.80. The Balaban J connectivity index is 2.58. The maximum atomic E-state index is 5.80. The molecule has 1 aliphatic rings. The van der Waals surface area contributed by atoms with Crippen LogP contribution in [0, 0.1) is 5.92 Å². The molecule has 3 heteroatoms. The van der Waals surface area contributed by atoms with E-state index in [2.05, 4.69) is 44.8 Å². The van der Waals surface area contributed by atoms with Crippen molar-refractivity contribution in [2.24, 2.45) is 5.92 Å². The summed E-state index contributed by atoms with van der Waals surface area (Å²) in [5.74, 6) is 0.738. The highest BCUT2D eigenvalue weighted by molar-refractivity contribution is 4.84. The number of hydrogen-bond acceptors (Lipinski definition) is 3. The Labute approximate surface area is 120 Å². The van der Waals surface area contributed by atoms with E-state index < -0.39 is 0 Å². The van der Waals surface area contributed by atoms with Crippen molar-refractivity contribution < 1.29 is 4.74 Å². The van der Waals surface area contributed by atoms with E-state index in [1.807, 2.05) is 0 Å². The number of hydrogen-bond donors (Lipinski definition) is 1. The number of rotatable bonds is 8. The first-order chi connectivity index (χ1) is 9.12. The lowest BCUT2D eigenvalue weighted by molar-refractivity contribution is -0.0601. The highest BCUT2D eigenvalue weighted by atomic mass is 16.5. The molecule has 0 aliphatic carbocycles. The molecule has 1 heterocycles. The fourth-order valence-electron chi connectivity index (χ4n) is 2.83. The van der Waals surface area contributed by atoms with Crippen LogP contribution < -0.4 is 5.32 Å². The Kier molecular flexibility index (Phi) is 7.96. The largest absolute Gasteiger partial charge is 0.376 e. The highest BCUT2D eigenvalue weighted by Crippen LogP contribution is 2.17. The van der Waals surface area contributed by atoms with Gasteiger partial charge in [0, 0.05) is 25.2 Å². The zero-order valence-electron chi connectivity index (χ0n) is 13.6. The van der Waals surface area contributed by atoms with Crippen LogP contribution in [0.5, 0.6) is 0 Å². The van der Waals surface area contributed by atoms with Gasteiger partial charge in [-0.15, -0.1) is 0 Å². The smallest absolute Gasteiger partial charge is 0.0674 e. The van der Waals surface area contributed by atoms with Gasteiger partial charge in [-0.2, -0.15) is 0 Å². The van der Waals surface area contributed by atoms with Crippen molar-refractivity contribution >= 4 is 0 Å². The van der Waals surface area contributed by atoms with Crippen LogP contribution in [0.3, 0.4) is 0 Å².